The summed E-state index contributed by atoms with van der Waals surface area (Å²) in [6.07, 6.45) is -0.0909. The first-order valence-corrected chi connectivity index (χ1v) is 4.03. The molecule has 0 saturated heterocycles. The van der Waals surface area contributed by atoms with Crippen LogP contribution in [0.4, 0.5) is 0 Å². The van der Waals surface area contributed by atoms with Crippen molar-refractivity contribution in [3.63, 3.8) is 0 Å². The zero-order chi connectivity index (χ0) is 9.94. The summed E-state index contributed by atoms with van der Waals surface area (Å²) in [6, 6.07) is -0.284. The van der Waals surface area contributed by atoms with Crippen LogP contribution in [0.1, 0.15) is 27.2 Å². The molecule has 0 aliphatic carbocycles. The van der Waals surface area contributed by atoms with Crippen molar-refractivity contribution in [3.8, 4) is 0 Å². The Bertz CT molecular complexity index is 166. The van der Waals surface area contributed by atoms with E-state index in [-0.39, 0.29) is 18.4 Å². The second-order valence-electron chi connectivity index (χ2n) is 3.85. The lowest BCUT2D eigenvalue weighted by Crippen LogP contribution is -2.56. The number of hydrogen-bond donors (Lipinski definition) is 3. The zero-order valence-electron chi connectivity index (χ0n) is 7.87. The second-order valence-corrected chi connectivity index (χ2v) is 3.85. The van der Waals surface area contributed by atoms with Crippen LogP contribution >= 0.6 is 0 Å². The highest BCUT2D eigenvalue weighted by molar-refractivity contribution is 5.68. The van der Waals surface area contributed by atoms with Crippen LogP contribution in [0.2, 0.25) is 0 Å². The average molecular weight is 174 g/mol. The quantitative estimate of drug-likeness (QED) is 0.566. The largest absolute Gasteiger partial charge is 0.481 e. The maximum absolute atomic E-state index is 10.4. The third-order valence-corrected chi connectivity index (χ3v) is 2.01. The van der Waals surface area contributed by atoms with Crippen LogP contribution < -0.4 is 11.5 Å². The normalized spacial score (nSPS) is 18.8. The molecule has 0 aliphatic rings. The van der Waals surface area contributed by atoms with Crippen molar-refractivity contribution in [3.05, 3.63) is 0 Å². The van der Waals surface area contributed by atoms with Crippen molar-refractivity contribution < 1.29 is 9.90 Å². The molecule has 0 saturated carbocycles. The van der Waals surface area contributed by atoms with Gasteiger partial charge in [-0.15, -0.1) is 0 Å². The van der Waals surface area contributed by atoms with Gasteiger partial charge in [-0.25, -0.2) is 0 Å². The van der Waals surface area contributed by atoms with E-state index in [0.29, 0.717) is 0 Å². The fourth-order valence-electron chi connectivity index (χ4n) is 1.21. The third-order valence-electron chi connectivity index (χ3n) is 2.01. The summed E-state index contributed by atoms with van der Waals surface area (Å²) in [6.45, 7) is 5.53. The number of carbonyl (C=O) groups is 1. The molecular formula is C8H18N2O2. The molecule has 0 amide bonds. The van der Waals surface area contributed by atoms with E-state index in [1.54, 1.807) is 6.92 Å². The summed E-state index contributed by atoms with van der Waals surface area (Å²) in [4.78, 5) is 10.4. The van der Waals surface area contributed by atoms with E-state index in [1.807, 2.05) is 13.8 Å². The number of carboxylic acids is 1. The number of hydrogen-bond acceptors (Lipinski definition) is 3. The molecule has 0 bridgehead atoms. The van der Waals surface area contributed by atoms with E-state index < -0.39 is 11.5 Å². The van der Waals surface area contributed by atoms with Gasteiger partial charge in [-0.3, -0.25) is 4.79 Å². The molecule has 0 fully saturated rings. The number of nitrogens with two attached hydrogens (primary N) is 2. The molecule has 0 heterocycles. The molecule has 0 aliphatic heterocycles. The highest BCUT2D eigenvalue weighted by Crippen LogP contribution is 2.16. The molecule has 4 nitrogen and oxygen atoms in total. The van der Waals surface area contributed by atoms with Crippen LogP contribution in [0.25, 0.3) is 0 Å². The minimum absolute atomic E-state index is 0.0909. The predicted octanol–water partition coefficient (Wildman–Crippen LogP) is 0.162. The third kappa shape index (κ3) is 3.19. The molecule has 0 spiro atoms. The minimum Gasteiger partial charge on any atom is -0.481 e. The highest BCUT2D eigenvalue weighted by Gasteiger charge is 2.31. The van der Waals surface area contributed by atoms with Crippen molar-refractivity contribution in [1.82, 2.24) is 0 Å². The molecule has 4 heteroatoms. The van der Waals surface area contributed by atoms with Crippen molar-refractivity contribution >= 4 is 5.97 Å². The molecule has 0 aromatic carbocycles. The standard InChI is InChI=1S/C8H18N2O2/c1-5(2)7(9)8(3,10)4-6(11)12/h5,7H,4,9-10H2,1-3H3,(H,11,12). The smallest absolute Gasteiger partial charge is 0.305 e. The molecule has 0 aromatic rings. The Morgan fingerprint density at radius 2 is 2.00 bits per heavy atom. The van der Waals surface area contributed by atoms with Crippen molar-refractivity contribution in [2.75, 3.05) is 0 Å². The second kappa shape index (κ2) is 3.87. The molecule has 0 aromatic heterocycles. The van der Waals surface area contributed by atoms with Gasteiger partial charge in [0.25, 0.3) is 0 Å². The Balaban J connectivity index is 4.28. The molecule has 2 unspecified atom stereocenters. The van der Waals surface area contributed by atoms with E-state index in [1.165, 1.54) is 0 Å². The summed E-state index contributed by atoms with van der Waals surface area (Å²) in [5.74, 6) is -0.713. The van der Waals surface area contributed by atoms with Gasteiger partial charge < -0.3 is 16.6 Å². The van der Waals surface area contributed by atoms with Crippen molar-refractivity contribution in [1.29, 1.82) is 0 Å². The van der Waals surface area contributed by atoms with E-state index in [4.69, 9.17) is 16.6 Å². The summed E-state index contributed by atoms with van der Waals surface area (Å²) >= 11 is 0. The van der Waals surface area contributed by atoms with Gasteiger partial charge in [-0.05, 0) is 12.8 Å². The van der Waals surface area contributed by atoms with Gasteiger partial charge in [0.15, 0.2) is 0 Å². The molecule has 12 heavy (non-hydrogen) atoms. The number of aliphatic carboxylic acids is 1. The maximum atomic E-state index is 10.4. The van der Waals surface area contributed by atoms with Gasteiger partial charge in [-0.1, -0.05) is 13.8 Å². The highest BCUT2D eigenvalue weighted by atomic mass is 16.4. The Morgan fingerprint density at radius 1 is 1.58 bits per heavy atom. The van der Waals surface area contributed by atoms with Crippen LogP contribution in [0.5, 0.6) is 0 Å². The maximum Gasteiger partial charge on any atom is 0.305 e. The summed E-state index contributed by atoms with van der Waals surface area (Å²) in [7, 11) is 0. The first kappa shape index (κ1) is 11.4. The lowest BCUT2D eigenvalue weighted by atomic mass is 9.84. The topological polar surface area (TPSA) is 89.3 Å². The predicted molar refractivity (Wildman–Crippen MR) is 47.7 cm³/mol. The van der Waals surface area contributed by atoms with Gasteiger partial charge >= 0.3 is 5.97 Å². The van der Waals surface area contributed by atoms with E-state index in [9.17, 15) is 4.79 Å². The van der Waals surface area contributed by atoms with Crippen LogP contribution in [0, 0.1) is 5.92 Å². The van der Waals surface area contributed by atoms with Crippen LogP contribution in [0.15, 0.2) is 0 Å². The van der Waals surface area contributed by atoms with Gasteiger partial charge in [0, 0.05) is 11.6 Å². The molecular weight excluding hydrogens is 156 g/mol. The van der Waals surface area contributed by atoms with E-state index >= 15 is 0 Å². The summed E-state index contributed by atoms with van der Waals surface area (Å²) in [5.41, 5.74) is 10.7. The van der Waals surface area contributed by atoms with Gasteiger partial charge in [0.2, 0.25) is 0 Å². The Morgan fingerprint density at radius 3 is 2.25 bits per heavy atom. The molecule has 0 rings (SSSR count). The number of rotatable bonds is 4. The summed E-state index contributed by atoms with van der Waals surface area (Å²) < 4.78 is 0. The Labute approximate surface area is 72.9 Å². The monoisotopic (exact) mass is 174 g/mol. The van der Waals surface area contributed by atoms with Crippen LogP contribution in [-0.2, 0) is 4.79 Å². The summed E-state index contributed by atoms with van der Waals surface area (Å²) in [5, 5.41) is 8.54. The lowest BCUT2D eigenvalue weighted by Gasteiger charge is -2.32. The van der Waals surface area contributed by atoms with E-state index in [0.717, 1.165) is 0 Å². The van der Waals surface area contributed by atoms with Crippen LogP contribution in [-0.4, -0.2) is 22.7 Å². The first-order chi connectivity index (χ1) is 5.27. The number of carboxylic acid groups (broad SMARTS) is 1. The fraction of sp³-hybridized carbons (Fsp3) is 0.875. The molecule has 2 atom stereocenters. The molecule has 0 radical (unpaired) electrons. The molecule has 5 N–H and O–H groups in total. The first-order valence-electron chi connectivity index (χ1n) is 4.03. The van der Waals surface area contributed by atoms with Gasteiger partial charge in [0.05, 0.1) is 6.42 Å². The van der Waals surface area contributed by atoms with Crippen LogP contribution in [0.3, 0.4) is 0 Å². The van der Waals surface area contributed by atoms with E-state index in [2.05, 4.69) is 0 Å². The average Bonchev–Trinajstić information content (AvgIpc) is 1.82. The zero-order valence-corrected chi connectivity index (χ0v) is 7.87. The van der Waals surface area contributed by atoms with Gasteiger partial charge in [0.1, 0.15) is 0 Å². The van der Waals surface area contributed by atoms with Crippen molar-refractivity contribution in [2.45, 2.75) is 38.8 Å². The fourth-order valence-corrected chi connectivity index (χ4v) is 1.21. The Kier molecular flexibility index (Phi) is 3.67. The SMILES string of the molecule is CC(C)C(N)C(C)(N)CC(=O)O. The lowest BCUT2D eigenvalue weighted by molar-refractivity contribution is -0.138. The Hall–Kier alpha value is -0.610. The van der Waals surface area contributed by atoms with Crippen molar-refractivity contribution in [2.24, 2.45) is 17.4 Å². The van der Waals surface area contributed by atoms with Gasteiger partial charge in [-0.2, -0.15) is 0 Å². The molecule has 72 valence electrons. The minimum atomic E-state index is -0.906.